The number of hydrogen-bond donors (Lipinski definition) is 1. The van der Waals surface area contributed by atoms with E-state index in [2.05, 4.69) is 4.74 Å². The van der Waals surface area contributed by atoms with Crippen LogP contribution in [0.5, 0.6) is 0 Å². The highest BCUT2D eigenvalue weighted by Gasteiger charge is 2.63. The van der Waals surface area contributed by atoms with E-state index >= 15 is 0 Å². The first-order valence-electron chi connectivity index (χ1n) is 5.72. The van der Waals surface area contributed by atoms with Crippen molar-refractivity contribution in [1.29, 1.82) is 0 Å². The molecule has 8 heteroatoms. The zero-order valence-corrected chi connectivity index (χ0v) is 11.2. The van der Waals surface area contributed by atoms with E-state index in [1.165, 1.54) is 12.1 Å². The second-order valence-electron chi connectivity index (χ2n) is 4.25. The lowest BCUT2D eigenvalue weighted by molar-refractivity contribution is -0.322. The van der Waals surface area contributed by atoms with Crippen molar-refractivity contribution in [2.45, 2.75) is 18.0 Å². The SMILES string of the molecule is O=S(O)C(F)(F)C(F)(F)OCc1ccc2ccccc2c1. The van der Waals surface area contributed by atoms with Gasteiger partial charge in [-0.05, 0) is 22.4 Å². The molecule has 1 unspecified atom stereocenters. The highest BCUT2D eigenvalue weighted by Crippen LogP contribution is 2.38. The van der Waals surface area contributed by atoms with Crippen molar-refractivity contribution in [1.82, 2.24) is 0 Å². The molecule has 0 aliphatic heterocycles. The van der Waals surface area contributed by atoms with E-state index in [0.717, 1.165) is 10.8 Å². The summed E-state index contributed by atoms with van der Waals surface area (Å²) in [4.78, 5) is 0. The maximum atomic E-state index is 13.1. The molecule has 0 fully saturated rings. The molecule has 0 amide bonds. The molecule has 1 N–H and O–H groups in total. The predicted octanol–water partition coefficient (Wildman–Crippen LogP) is 3.76. The molecule has 0 bridgehead atoms. The lowest BCUT2D eigenvalue weighted by Crippen LogP contribution is -2.45. The van der Waals surface area contributed by atoms with E-state index in [9.17, 15) is 21.8 Å². The highest BCUT2D eigenvalue weighted by molar-refractivity contribution is 7.80. The van der Waals surface area contributed by atoms with Gasteiger partial charge in [-0.1, -0.05) is 36.4 Å². The van der Waals surface area contributed by atoms with E-state index in [-0.39, 0.29) is 5.56 Å². The molecular weight excluding hydrogens is 312 g/mol. The second kappa shape index (κ2) is 5.70. The molecule has 0 aliphatic rings. The number of alkyl halides is 4. The average Bonchev–Trinajstić information content (AvgIpc) is 2.44. The molecular formula is C13H10F4O3S. The first kappa shape index (κ1) is 15.9. The summed E-state index contributed by atoms with van der Waals surface area (Å²) >= 11 is -4.03. The average molecular weight is 322 g/mol. The fourth-order valence-electron chi connectivity index (χ4n) is 1.69. The third-order valence-corrected chi connectivity index (χ3v) is 3.47. The summed E-state index contributed by atoms with van der Waals surface area (Å²) in [5, 5.41) is -3.58. The molecule has 0 radical (unpaired) electrons. The number of hydrogen-bond acceptors (Lipinski definition) is 2. The van der Waals surface area contributed by atoms with Gasteiger partial charge in [0.1, 0.15) is 0 Å². The van der Waals surface area contributed by atoms with Crippen molar-refractivity contribution in [3.63, 3.8) is 0 Å². The minimum absolute atomic E-state index is 0.243. The number of fused-ring (bicyclic) bond motifs is 1. The molecule has 114 valence electrons. The standard InChI is InChI=1S/C13H10F4O3S/c14-12(15,13(16,17)21(18)19)20-8-9-5-6-10-3-1-2-4-11(10)7-9/h1-7H,8H2,(H,18,19). The first-order valence-corrected chi connectivity index (χ1v) is 6.83. The Bertz CT molecular complexity index is 675. The van der Waals surface area contributed by atoms with Gasteiger partial charge < -0.3 is 9.29 Å². The Kier molecular flexibility index (Phi) is 4.31. The van der Waals surface area contributed by atoms with E-state index in [0.29, 0.717) is 0 Å². The summed E-state index contributed by atoms with van der Waals surface area (Å²) < 4.78 is 74.3. The molecule has 0 saturated carbocycles. The van der Waals surface area contributed by atoms with Crippen molar-refractivity contribution < 1.29 is 31.1 Å². The van der Waals surface area contributed by atoms with Gasteiger partial charge in [0.15, 0.2) is 0 Å². The van der Waals surface area contributed by atoms with Crippen LogP contribution in [0, 0.1) is 0 Å². The quantitative estimate of drug-likeness (QED) is 0.673. The van der Waals surface area contributed by atoms with Gasteiger partial charge in [-0.2, -0.15) is 17.6 Å². The van der Waals surface area contributed by atoms with E-state index in [1.807, 2.05) is 0 Å². The van der Waals surface area contributed by atoms with Gasteiger partial charge in [0.2, 0.25) is 11.1 Å². The van der Waals surface area contributed by atoms with Crippen LogP contribution in [0.1, 0.15) is 5.56 Å². The highest BCUT2D eigenvalue weighted by atomic mass is 32.2. The van der Waals surface area contributed by atoms with E-state index < -0.39 is 29.1 Å². The van der Waals surface area contributed by atoms with Crippen molar-refractivity contribution >= 4 is 21.9 Å². The van der Waals surface area contributed by atoms with Crippen molar-refractivity contribution in [2.24, 2.45) is 0 Å². The van der Waals surface area contributed by atoms with Crippen LogP contribution in [-0.4, -0.2) is 20.1 Å². The lowest BCUT2D eigenvalue weighted by Gasteiger charge is -2.23. The Labute approximate surface area is 119 Å². The third kappa shape index (κ3) is 3.22. The van der Waals surface area contributed by atoms with Gasteiger partial charge >= 0.3 is 11.4 Å². The normalized spacial score (nSPS) is 14.3. The Balaban J connectivity index is 2.16. The fraction of sp³-hybridized carbons (Fsp3) is 0.231. The van der Waals surface area contributed by atoms with Crippen molar-refractivity contribution in [3.8, 4) is 0 Å². The third-order valence-electron chi connectivity index (χ3n) is 2.79. The Morgan fingerprint density at radius 2 is 1.67 bits per heavy atom. The molecule has 0 aromatic heterocycles. The second-order valence-corrected chi connectivity index (χ2v) is 5.26. The number of ether oxygens (including phenoxy) is 1. The number of rotatable bonds is 5. The van der Waals surface area contributed by atoms with Crippen LogP contribution in [-0.2, 0) is 22.4 Å². The van der Waals surface area contributed by atoms with Crippen molar-refractivity contribution in [3.05, 3.63) is 48.0 Å². The monoisotopic (exact) mass is 322 g/mol. The van der Waals surface area contributed by atoms with Gasteiger partial charge in [0.05, 0.1) is 6.61 Å². The van der Waals surface area contributed by atoms with Crippen LogP contribution in [0.25, 0.3) is 10.8 Å². The summed E-state index contributed by atoms with van der Waals surface area (Å²) in [6.45, 7) is -0.815. The van der Waals surface area contributed by atoms with Crippen molar-refractivity contribution in [2.75, 3.05) is 0 Å². The summed E-state index contributed by atoms with van der Waals surface area (Å²) in [7, 11) is 0. The zero-order chi connectivity index (χ0) is 15.7. The smallest absolute Gasteiger partial charge is 0.310 e. The van der Waals surface area contributed by atoms with Crippen LogP contribution in [0.3, 0.4) is 0 Å². The van der Waals surface area contributed by atoms with Gasteiger partial charge in [-0.15, -0.1) is 0 Å². The molecule has 2 rings (SSSR count). The van der Waals surface area contributed by atoms with Crippen LogP contribution in [0.4, 0.5) is 17.6 Å². The molecule has 0 saturated heterocycles. The van der Waals surface area contributed by atoms with E-state index in [4.69, 9.17) is 4.55 Å². The minimum Gasteiger partial charge on any atom is -0.310 e. The fourth-order valence-corrected chi connectivity index (χ4v) is 1.95. The summed E-state index contributed by atoms with van der Waals surface area (Å²) in [5.74, 6) is 0. The Morgan fingerprint density at radius 1 is 1.05 bits per heavy atom. The van der Waals surface area contributed by atoms with Crippen LogP contribution in [0.15, 0.2) is 42.5 Å². The van der Waals surface area contributed by atoms with Gasteiger partial charge in [0.25, 0.3) is 0 Å². The largest absolute Gasteiger partial charge is 0.435 e. The van der Waals surface area contributed by atoms with Crippen LogP contribution in [0.2, 0.25) is 0 Å². The van der Waals surface area contributed by atoms with Crippen LogP contribution >= 0.6 is 0 Å². The molecule has 21 heavy (non-hydrogen) atoms. The number of benzene rings is 2. The first-order chi connectivity index (χ1) is 9.74. The topological polar surface area (TPSA) is 46.5 Å². The van der Waals surface area contributed by atoms with Gasteiger partial charge in [-0.25, -0.2) is 4.21 Å². The maximum Gasteiger partial charge on any atom is 0.435 e. The molecule has 3 nitrogen and oxygen atoms in total. The molecule has 0 spiro atoms. The summed E-state index contributed by atoms with van der Waals surface area (Å²) in [6, 6.07) is 11.7. The molecule has 2 aromatic carbocycles. The Hall–Kier alpha value is -1.51. The van der Waals surface area contributed by atoms with Crippen LogP contribution < -0.4 is 0 Å². The Morgan fingerprint density at radius 3 is 2.29 bits per heavy atom. The van der Waals surface area contributed by atoms with Gasteiger partial charge in [-0.3, -0.25) is 0 Å². The lowest BCUT2D eigenvalue weighted by atomic mass is 10.1. The summed E-state index contributed by atoms with van der Waals surface area (Å²) in [5.41, 5.74) is 0.243. The zero-order valence-electron chi connectivity index (χ0n) is 10.4. The maximum absolute atomic E-state index is 13.1. The molecule has 0 aliphatic carbocycles. The molecule has 2 aromatic rings. The minimum atomic E-state index is -5.18. The number of halogens is 4. The molecule has 1 atom stereocenters. The van der Waals surface area contributed by atoms with Gasteiger partial charge in [0, 0.05) is 0 Å². The summed E-state index contributed by atoms with van der Waals surface area (Å²) in [6.07, 6.45) is -5.04. The van der Waals surface area contributed by atoms with E-state index in [1.54, 1.807) is 30.3 Å². The molecule has 0 heterocycles. The predicted molar refractivity (Wildman–Crippen MR) is 69.4 cm³/mol.